The fourth-order valence-corrected chi connectivity index (χ4v) is 3.55. The Morgan fingerprint density at radius 3 is 2.62 bits per heavy atom. The van der Waals surface area contributed by atoms with Crippen LogP contribution in [0.4, 0.5) is 0 Å². The molecule has 1 saturated carbocycles. The minimum absolute atomic E-state index is 0.114. The zero-order valence-corrected chi connectivity index (χ0v) is 15.4. The number of fused-ring (bicyclic) bond motifs is 1. The Balaban J connectivity index is 1.72. The van der Waals surface area contributed by atoms with Gasteiger partial charge in [0.05, 0.1) is 11.2 Å². The molecule has 132 valence electrons. The van der Waals surface area contributed by atoms with E-state index in [1.165, 1.54) is 28.7 Å². The fraction of sp³-hybridized carbons (Fsp3) is 0.238. The van der Waals surface area contributed by atoms with Gasteiger partial charge in [-0.15, -0.1) is 11.8 Å². The molecular formula is C21H20N2O2S. The molecule has 0 aliphatic heterocycles. The highest BCUT2D eigenvalue weighted by molar-refractivity contribution is 7.98. The van der Waals surface area contributed by atoms with Crippen LogP contribution in [0.1, 0.15) is 24.3 Å². The van der Waals surface area contributed by atoms with Gasteiger partial charge in [-0.25, -0.2) is 4.98 Å². The molecule has 1 aliphatic carbocycles. The van der Waals surface area contributed by atoms with E-state index in [1.54, 1.807) is 11.8 Å². The Morgan fingerprint density at radius 2 is 1.96 bits per heavy atom. The van der Waals surface area contributed by atoms with Gasteiger partial charge in [0.15, 0.2) is 6.61 Å². The third-order valence-corrected chi connectivity index (χ3v) is 5.32. The number of amides is 1. The predicted molar refractivity (Wildman–Crippen MR) is 106 cm³/mol. The molecule has 1 heterocycles. The number of ether oxygens (including phenoxy) is 1. The number of carbonyl (C=O) groups is 1. The van der Waals surface area contributed by atoms with Gasteiger partial charge in [-0.2, -0.15) is 0 Å². The number of nitrogens with two attached hydrogens (primary N) is 1. The van der Waals surface area contributed by atoms with E-state index in [0.29, 0.717) is 11.7 Å². The molecule has 0 saturated heterocycles. The van der Waals surface area contributed by atoms with Crippen molar-refractivity contribution in [2.24, 2.45) is 5.73 Å². The lowest BCUT2D eigenvalue weighted by molar-refractivity contribution is -0.119. The van der Waals surface area contributed by atoms with Crippen LogP contribution in [0.5, 0.6) is 5.75 Å². The first kappa shape index (κ1) is 16.9. The fourth-order valence-electron chi connectivity index (χ4n) is 3.12. The van der Waals surface area contributed by atoms with Crippen molar-refractivity contribution >= 4 is 28.6 Å². The first-order valence-corrected chi connectivity index (χ1v) is 9.87. The van der Waals surface area contributed by atoms with Crippen LogP contribution in [0.15, 0.2) is 53.4 Å². The zero-order valence-electron chi connectivity index (χ0n) is 14.6. The van der Waals surface area contributed by atoms with E-state index in [-0.39, 0.29) is 6.61 Å². The van der Waals surface area contributed by atoms with Crippen LogP contribution >= 0.6 is 11.8 Å². The van der Waals surface area contributed by atoms with E-state index in [4.69, 9.17) is 15.5 Å². The molecule has 2 aromatic carbocycles. The summed E-state index contributed by atoms with van der Waals surface area (Å²) in [5.41, 5.74) is 9.56. The minimum atomic E-state index is -0.482. The maximum atomic E-state index is 10.8. The van der Waals surface area contributed by atoms with Gasteiger partial charge in [0, 0.05) is 15.8 Å². The van der Waals surface area contributed by atoms with Gasteiger partial charge >= 0.3 is 0 Å². The molecule has 0 spiro atoms. The highest BCUT2D eigenvalue weighted by Gasteiger charge is 2.26. The van der Waals surface area contributed by atoms with Gasteiger partial charge in [0.2, 0.25) is 0 Å². The maximum Gasteiger partial charge on any atom is 0.255 e. The third-order valence-electron chi connectivity index (χ3n) is 4.60. The second-order valence-corrected chi connectivity index (χ2v) is 7.41. The zero-order chi connectivity index (χ0) is 18.1. The first-order valence-electron chi connectivity index (χ1n) is 8.64. The predicted octanol–water partition coefficient (Wildman–Crippen LogP) is 4.37. The summed E-state index contributed by atoms with van der Waals surface area (Å²) in [6.45, 7) is -0.114. The van der Waals surface area contributed by atoms with Crippen molar-refractivity contribution in [1.29, 1.82) is 0 Å². The number of hydrogen-bond acceptors (Lipinski definition) is 4. The Labute approximate surface area is 156 Å². The molecule has 0 unspecified atom stereocenters. The number of carbonyl (C=O) groups excluding carboxylic acids is 1. The summed E-state index contributed by atoms with van der Waals surface area (Å²) in [4.78, 5) is 17.0. The van der Waals surface area contributed by atoms with Crippen LogP contribution in [0.2, 0.25) is 0 Å². The number of nitrogens with zero attached hydrogens (tertiary/aromatic N) is 1. The molecule has 4 nitrogen and oxygen atoms in total. The minimum Gasteiger partial charge on any atom is -0.484 e. The number of hydrogen-bond donors (Lipinski definition) is 1. The molecule has 0 radical (unpaired) electrons. The monoisotopic (exact) mass is 364 g/mol. The van der Waals surface area contributed by atoms with E-state index in [2.05, 4.69) is 30.5 Å². The van der Waals surface area contributed by atoms with Crippen molar-refractivity contribution in [1.82, 2.24) is 4.98 Å². The van der Waals surface area contributed by atoms with Crippen molar-refractivity contribution in [3.63, 3.8) is 0 Å². The SMILES string of the molecule is CSc1ccc2c(C3CC3)cc(-c3ccc(OCC(N)=O)cc3)nc2c1. The highest BCUT2D eigenvalue weighted by atomic mass is 32.2. The average Bonchev–Trinajstić information content (AvgIpc) is 3.50. The number of aromatic nitrogens is 1. The van der Waals surface area contributed by atoms with Gasteiger partial charge < -0.3 is 10.5 Å². The molecule has 5 heteroatoms. The molecule has 1 aliphatic rings. The summed E-state index contributed by atoms with van der Waals surface area (Å²) in [6, 6.07) is 16.4. The molecule has 0 atom stereocenters. The lowest BCUT2D eigenvalue weighted by Gasteiger charge is -2.11. The number of thioether (sulfide) groups is 1. The van der Waals surface area contributed by atoms with Crippen LogP contribution < -0.4 is 10.5 Å². The van der Waals surface area contributed by atoms with Crippen molar-refractivity contribution in [2.75, 3.05) is 12.9 Å². The molecule has 26 heavy (non-hydrogen) atoms. The van der Waals surface area contributed by atoms with Crippen LogP contribution in [-0.2, 0) is 4.79 Å². The Morgan fingerprint density at radius 1 is 1.19 bits per heavy atom. The Kier molecular flexibility index (Phi) is 4.55. The van der Waals surface area contributed by atoms with Gasteiger partial charge in [0.25, 0.3) is 5.91 Å². The van der Waals surface area contributed by atoms with E-state index in [1.807, 2.05) is 24.3 Å². The average molecular weight is 364 g/mol. The van der Waals surface area contributed by atoms with Crippen LogP contribution in [0.3, 0.4) is 0 Å². The summed E-state index contributed by atoms with van der Waals surface area (Å²) in [6.07, 6.45) is 4.59. The molecule has 3 aromatic rings. The second-order valence-electron chi connectivity index (χ2n) is 6.53. The number of pyridine rings is 1. The quantitative estimate of drug-likeness (QED) is 0.660. The summed E-state index contributed by atoms with van der Waals surface area (Å²) in [5, 5.41) is 1.26. The molecule has 1 amide bonds. The molecule has 4 rings (SSSR count). The number of rotatable bonds is 6. The molecule has 1 aromatic heterocycles. The van der Waals surface area contributed by atoms with Gasteiger partial charge in [-0.05, 0) is 73.0 Å². The van der Waals surface area contributed by atoms with E-state index >= 15 is 0 Å². The topological polar surface area (TPSA) is 65.2 Å². The smallest absolute Gasteiger partial charge is 0.255 e. The third kappa shape index (κ3) is 3.53. The Hall–Kier alpha value is -2.53. The van der Waals surface area contributed by atoms with Crippen molar-refractivity contribution < 1.29 is 9.53 Å². The lowest BCUT2D eigenvalue weighted by atomic mass is 10.0. The second kappa shape index (κ2) is 7.00. The Bertz CT molecular complexity index is 966. The molecule has 0 bridgehead atoms. The maximum absolute atomic E-state index is 10.8. The van der Waals surface area contributed by atoms with Crippen LogP contribution in [-0.4, -0.2) is 23.8 Å². The normalized spacial score (nSPS) is 13.7. The van der Waals surface area contributed by atoms with Crippen molar-refractivity contribution in [3.05, 3.63) is 54.1 Å². The van der Waals surface area contributed by atoms with Crippen molar-refractivity contribution in [2.45, 2.75) is 23.7 Å². The first-order chi connectivity index (χ1) is 12.6. The number of benzene rings is 2. The van der Waals surface area contributed by atoms with E-state index < -0.39 is 5.91 Å². The van der Waals surface area contributed by atoms with Crippen LogP contribution in [0.25, 0.3) is 22.2 Å². The van der Waals surface area contributed by atoms with E-state index in [9.17, 15) is 4.79 Å². The summed E-state index contributed by atoms with van der Waals surface area (Å²) >= 11 is 1.73. The summed E-state index contributed by atoms with van der Waals surface area (Å²) < 4.78 is 5.33. The van der Waals surface area contributed by atoms with Crippen molar-refractivity contribution in [3.8, 4) is 17.0 Å². The van der Waals surface area contributed by atoms with Gasteiger partial charge in [0.1, 0.15) is 5.75 Å². The number of primary amides is 1. The van der Waals surface area contributed by atoms with Gasteiger partial charge in [-0.3, -0.25) is 4.79 Å². The molecular weight excluding hydrogens is 344 g/mol. The molecule has 1 fully saturated rings. The van der Waals surface area contributed by atoms with Crippen LogP contribution in [0, 0.1) is 0 Å². The lowest BCUT2D eigenvalue weighted by Crippen LogP contribution is -2.19. The summed E-state index contributed by atoms with van der Waals surface area (Å²) in [7, 11) is 0. The summed E-state index contributed by atoms with van der Waals surface area (Å²) in [5.74, 6) is 0.793. The standard InChI is InChI=1S/C21H20N2O2S/c1-26-16-8-9-17-18(13-2-3-13)11-19(23-20(17)10-16)14-4-6-15(7-5-14)25-12-21(22)24/h4-11,13H,2-3,12H2,1H3,(H2,22,24). The van der Waals surface area contributed by atoms with E-state index in [0.717, 1.165) is 16.8 Å². The van der Waals surface area contributed by atoms with Gasteiger partial charge in [-0.1, -0.05) is 6.07 Å². The highest BCUT2D eigenvalue weighted by Crippen LogP contribution is 2.44. The molecule has 2 N–H and O–H groups in total. The largest absolute Gasteiger partial charge is 0.484 e.